The first-order chi connectivity index (χ1) is 14.3. The molecule has 0 unspecified atom stereocenters. The van der Waals surface area contributed by atoms with Crippen LogP contribution in [0.5, 0.6) is 0 Å². The van der Waals surface area contributed by atoms with E-state index in [9.17, 15) is 13.2 Å². The lowest BCUT2D eigenvalue weighted by Gasteiger charge is -2.26. The number of hydrogen-bond acceptors (Lipinski definition) is 3. The van der Waals surface area contributed by atoms with Gasteiger partial charge in [0.15, 0.2) is 9.84 Å². The van der Waals surface area contributed by atoms with Crippen molar-refractivity contribution < 1.29 is 13.2 Å². The Labute approximate surface area is 177 Å². The van der Waals surface area contributed by atoms with Gasteiger partial charge in [0, 0.05) is 41.3 Å². The highest BCUT2D eigenvalue weighted by Gasteiger charge is 2.23. The first-order valence-corrected chi connectivity index (χ1v) is 11.7. The van der Waals surface area contributed by atoms with E-state index >= 15 is 0 Å². The molecule has 0 aliphatic carbocycles. The topological polar surface area (TPSA) is 70.2 Å². The molecule has 1 N–H and O–H groups in total. The minimum absolute atomic E-state index is 0.0756. The summed E-state index contributed by atoms with van der Waals surface area (Å²) < 4.78 is 24.5. The molecule has 1 aliphatic heterocycles. The van der Waals surface area contributed by atoms with E-state index < -0.39 is 15.1 Å². The Balaban J connectivity index is 1.50. The fourth-order valence-corrected chi connectivity index (χ4v) is 4.91. The Morgan fingerprint density at radius 3 is 2.47 bits per heavy atom. The summed E-state index contributed by atoms with van der Waals surface area (Å²) in [5.74, 6) is -0.0756. The van der Waals surface area contributed by atoms with Crippen molar-refractivity contribution in [2.45, 2.75) is 37.3 Å². The molecule has 1 aliphatic rings. The number of hydrogen-bond donors (Lipinski definition) is 1. The summed E-state index contributed by atoms with van der Waals surface area (Å²) >= 11 is 0. The molecule has 5 nitrogen and oxygen atoms in total. The molecule has 0 fully saturated rings. The van der Waals surface area contributed by atoms with E-state index in [0.717, 1.165) is 11.9 Å². The van der Waals surface area contributed by atoms with E-state index in [0.29, 0.717) is 18.7 Å². The lowest BCUT2D eigenvalue weighted by Crippen LogP contribution is -2.34. The van der Waals surface area contributed by atoms with Crippen molar-refractivity contribution in [2.75, 3.05) is 13.1 Å². The molecule has 0 saturated heterocycles. The van der Waals surface area contributed by atoms with Gasteiger partial charge < -0.3 is 9.88 Å². The molecule has 0 radical (unpaired) electrons. The first kappa shape index (κ1) is 20.4. The molecule has 1 aromatic heterocycles. The van der Waals surface area contributed by atoms with Crippen LogP contribution in [-0.2, 0) is 9.84 Å². The summed E-state index contributed by atoms with van der Waals surface area (Å²) in [5, 5.41) is 0.715. The normalized spacial score (nSPS) is 14.9. The summed E-state index contributed by atoms with van der Waals surface area (Å²) in [7, 11) is -3.33. The van der Waals surface area contributed by atoms with Crippen LogP contribution in [0.2, 0.25) is 0 Å². The minimum Gasteiger partial charge on any atom is -0.361 e. The molecular formula is C24H26N2O3S. The number of rotatable bonds is 4. The fourth-order valence-electron chi connectivity index (χ4n) is 3.85. The number of sulfone groups is 1. The quantitative estimate of drug-likeness (QED) is 0.669. The number of aryl methyl sites for hydroxylation is 1. The third kappa shape index (κ3) is 3.67. The minimum atomic E-state index is -3.33. The number of nitrogens with zero attached hydrogens (tertiary/aromatic N) is 1. The number of amides is 1. The number of H-pyrrole nitrogens is 1. The average molecular weight is 423 g/mol. The monoisotopic (exact) mass is 422 g/mol. The molecule has 2 aromatic carbocycles. The molecule has 0 saturated carbocycles. The molecule has 2 heterocycles. The molecule has 0 atom stereocenters. The zero-order chi connectivity index (χ0) is 21.5. The lowest BCUT2D eigenvalue weighted by atomic mass is 9.98. The molecule has 30 heavy (non-hydrogen) atoms. The Morgan fingerprint density at radius 2 is 1.83 bits per heavy atom. The molecule has 156 valence electrons. The van der Waals surface area contributed by atoms with E-state index in [1.807, 2.05) is 6.20 Å². The van der Waals surface area contributed by atoms with Gasteiger partial charge in [-0.25, -0.2) is 8.42 Å². The highest BCUT2D eigenvalue weighted by Crippen LogP contribution is 2.30. The van der Waals surface area contributed by atoms with Crippen LogP contribution < -0.4 is 0 Å². The second-order valence-electron chi connectivity index (χ2n) is 8.10. The average Bonchev–Trinajstić information content (AvgIpc) is 3.16. The number of aromatic nitrogens is 1. The lowest BCUT2D eigenvalue weighted by molar-refractivity contribution is 0.0773. The van der Waals surface area contributed by atoms with Crippen LogP contribution >= 0.6 is 0 Å². The van der Waals surface area contributed by atoms with Gasteiger partial charge in [0.1, 0.15) is 0 Å². The third-order valence-electron chi connectivity index (χ3n) is 5.73. The van der Waals surface area contributed by atoms with Crippen LogP contribution in [0.15, 0.2) is 59.6 Å². The number of carbonyl (C=O) groups is 1. The maximum Gasteiger partial charge on any atom is 0.254 e. The molecule has 6 heteroatoms. The second kappa shape index (κ2) is 7.76. The number of nitrogens with one attached hydrogen (secondary N) is 1. The fraction of sp³-hybridized carbons (Fsp3) is 0.292. The van der Waals surface area contributed by atoms with Gasteiger partial charge in [-0.3, -0.25) is 4.79 Å². The van der Waals surface area contributed by atoms with E-state index in [4.69, 9.17) is 0 Å². The Morgan fingerprint density at radius 1 is 1.10 bits per heavy atom. The smallest absolute Gasteiger partial charge is 0.254 e. The van der Waals surface area contributed by atoms with Gasteiger partial charge in [0.2, 0.25) is 0 Å². The van der Waals surface area contributed by atoms with Crippen molar-refractivity contribution in [1.82, 2.24) is 9.88 Å². The van der Waals surface area contributed by atoms with Gasteiger partial charge in [0.05, 0.1) is 10.1 Å². The van der Waals surface area contributed by atoms with Crippen molar-refractivity contribution in [3.05, 3.63) is 71.4 Å². The van der Waals surface area contributed by atoms with E-state index in [-0.39, 0.29) is 10.8 Å². The Hall–Kier alpha value is -2.86. The van der Waals surface area contributed by atoms with Crippen LogP contribution in [0, 0.1) is 6.92 Å². The maximum atomic E-state index is 12.9. The van der Waals surface area contributed by atoms with Crippen molar-refractivity contribution >= 4 is 32.2 Å². The summed E-state index contributed by atoms with van der Waals surface area (Å²) in [6.45, 7) is 6.56. The maximum absolute atomic E-state index is 12.9. The van der Waals surface area contributed by atoms with E-state index in [1.54, 1.807) is 30.9 Å². The summed E-state index contributed by atoms with van der Waals surface area (Å²) in [4.78, 5) is 18.3. The largest absolute Gasteiger partial charge is 0.361 e. The van der Waals surface area contributed by atoms with E-state index in [2.05, 4.69) is 36.2 Å². The Kier molecular flexibility index (Phi) is 5.28. The molecule has 0 bridgehead atoms. The molecule has 4 rings (SSSR count). The van der Waals surface area contributed by atoms with Gasteiger partial charge in [0.25, 0.3) is 5.91 Å². The van der Waals surface area contributed by atoms with E-state index in [1.165, 1.54) is 34.2 Å². The summed E-state index contributed by atoms with van der Waals surface area (Å²) in [6, 6.07) is 12.7. The standard InChI is InChI=1S/C24H26N2O3S/c1-16(2)30(28,29)20-7-5-19(6-8-20)24(27)26-12-10-18(11-13-26)22-15-25-23-14-17(3)4-9-21(22)23/h4-10,14-16,25H,11-13H2,1-3H3. The predicted molar refractivity (Wildman–Crippen MR) is 120 cm³/mol. The van der Waals surface area contributed by atoms with Crippen molar-refractivity contribution in [3.63, 3.8) is 0 Å². The number of carbonyl (C=O) groups excluding carboxylic acids is 1. The van der Waals surface area contributed by atoms with Crippen LogP contribution in [0.25, 0.3) is 16.5 Å². The van der Waals surface area contributed by atoms with Crippen LogP contribution in [0.3, 0.4) is 0 Å². The van der Waals surface area contributed by atoms with Crippen molar-refractivity contribution in [1.29, 1.82) is 0 Å². The van der Waals surface area contributed by atoms with Crippen molar-refractivity contribution in [2.24, 2.45) is 0 Å². The Bertz CT molecular complexity index is 1240. The summed E-state index contributed by atoms with van der Waals surface area (Å²) in [6.07, 6.45) is 4.94. The van der Waals surface area contributed by atoms with Gasteiger partial charge in [-0.15, -0.1) is 0 Å². The van der Waals surface area contributed by atoms with Gasteiger partial charge in [-0.1, -0.05) is 18.2 Å². The molecular weight excluding hydrogens is 396 g/mol. The van der Waals surface area contributed by atoms with Gasteiger partial charge >= 0.3 is 0 Å². The molecule has 3 aromatic rings. The van der Waals surface area contributed by atoms with Gasteiger partial charge in [-0.2, -0.15) is 0 Å². The number of aromatic amines is 1. The van der Waals surface area contributed by atoms with Crippen LogP contribution in [-0.4, -0.2) is 42.5 Å². The zero-order valence-corrected chi connectivity index (χ0v) is 18.3. The number of benzene rings is 2. The highest BCUT2D eigenvalue weighted by molar-refractivity contribution is 7.92. The zero-order valence-electron chi connectivity index (χ0n) is 17.5. The third-order valence-corrected chi connectivity index (χ3v) is 7.90. The molecule has 0 spiro atoms. The second-order valence-corrected chi connectivity index (χ2v) is 10.6. The van der Waals surface area contributed by atoms with Crippen LogP contribution in [0.4, 0.5) is 0 Å². The highest BCUT2D eigenvalue weighted by atomic mass is 32.2. The number of fused-ring (bicyclic) bond motifs is 1. The van der Waals surface area contributed by atoms with Gasteiger partial charge in [-0.05, 0) is 68.7 Å². The molecule has 1 amide bonds. The van der Waals surface area contributed by atoms with Crippen LogP contribution in [0.1, 0.15) is 41.8 Å². The predicted octanol–water partition coefficient (Wildman–Crippen LogP) is 4.59. The SMILES string of the molecule is Cc1ccc2c(C3=CCN(C(=O)c4ccc(S(=O)(=O)C(C)C)cc4)CC3)c[nH]c2c1. The van der Waals surface area contributed by atoms with Crippen molar-refractivity contribution in [3.8, 4) is 0 Å². The first-order valence-electron chi connectivity index (χ1n) is 10.2. The summed E-state index contributed by atoms with van der Waals surface area (Å²) in [5.41, 5.74) is 5.29.